The van der Waals surface area contributed by atoms with E-state index < -0.39 is 12.0 Å². The maximum atomic E-state index is 11.8. The van der Waals surface area contributed by atoms with E-state index in [1.165, 1.54) is 16.7 Å². The van der Waals surface area contributed by atoms with Crippen LogP contribution < -0.4 is 5.73 Å². The summed E-state index contributed by atoms with van der Waals surface area (Å²) < 4.78 is 5.75. The van der Waals surface area contributed by atoms with Crippen LogP contribution in [0, 0.1) is 0 Å². The van der Waals surface area contributed by atoms with Gasteiger partial charge in [0.25, 0.3) is 0 Å². The SMILES string of the molecule is C[C@@H]1CC[C@H](C2=C(C(=O)O)N3C(=O)[C@@H](N)[C@H]3SC2)O1. The Morgan fingerprint density at radius 1 is 1.53 bits per heavy atom. The topological polar surface area (TPSA) is 92.9 Å². The Bertz CT molecular complexity index is 478. The Labute approximate surface area is 115 Å². The van der Waals surface area contributed by atoms with Crippen LogP contribution in [0.4, 0.5) is 0 Å². The van der Waals surface area contributed by atoms with Gasteiger partial charge in [-0.05, 0) is 25.3 Å². The minimum Gasteiger partial charge on any atom is -0.477 e. The molecule has 0 aliphatic carbocycles. The number of carboxylic acid groups (broad SMARTS) is 1. The lowest BCUT2D eigenvalue weighted by Gasteiger charge is -2.48. The predicted octanol–water partition coefficient (Wildman–Crippen LogP) is 0.135. The predicted molar refractivity (Wildman–Crippen MR) is 69.3 cm³/mol. The van der Waals surface area contributed by atoms with Gasteiger partial charge in [-0.25, -0.2) is 4.79 Å². The third kappa shape index (κ3) is 1.87. The Kier molecular flexibility index (Phi) is 3.07. The molecule has 104 valence electrons. The molecule has 1 amide bonds. The summed E-state index contributed by atoms with van der Waals surface area (Å²) in [5.74, 6) is -0.803. The average Bonchev–Trinajstić information content (AvgIpc) is 2.82. The minimum atomic E-state index is -1.07. The van der Waals surface area contributed by atoms with Crippen LogP contribution in [0.3, 0.4) is 0 Å². The van der Waals surface area contributed by atoms with Crippen molar-refractivity contribution in [2.24, 2.45) is 5.73 Å². The van der Waals surface area contributed by atoms with Gasteiger partial charge in [0, 0.05) is 5.75 Å². The van der Waals surface area contributed by atoms with E-state index in [1.807, 2.05) is 6.92 Å². The molecule has 0 aromatic heterocycles. The number of β-lactam (4-membered cyclic amide) rings is 1. The summed E-state index contributed by atoms with van der Waals surface area (Å²) in [7, 11) is 0. The zero-order valence-corrected chi connectivity index (χ0v) is 11.4. The normalized spacial score (nSPS) is 38.2. The number of rotatable bonds is 2. The van der Waals surface area contributed by atoms with Gasteiger partial charge in [-0.15, -0.1) is 11.8 Å². The van der Waals surface area contributed by atoms with Gasteiger partial charge < -0.3 is 15.6 Å². The standard InChI is InChI=1S/C12H16N2O4S/c1-5-2-3-7(18-5)6-4-19-11-8(13)10(15)14(11)9(6)12(16)17/h5,7-8,11H,2-4,13H2,1H3,(H,16,17)/t5-,7-,8-,11-/m1/s1. The first-order valence-electron chi connectivity index (χ1n) is 6.32. The van der Waals surface area contributed by atoms with Crippen LogP contribution in [-0.4, -0.2) is 51.3 Å². The average molecular weight is 284 g/mol. The van der Waals surface area contributed by atoms with E-state index in [9.17, 15) is 14.7 Å². The van der Waals surface area contributed by atoms with Gasteiger partial charge in [0.2, 0.25) is 5.91 Å². The molecular weight excluding hydrogens is 268 g/mol. The number of nitrogens with zero attached hydrogens (tertiary/aromatic N) is 1. The summed E-state index contributed by atoms with van der Waals surface area (Å²) >= 11 is 1.52. The Morgan fingerprint density at radius 2 is 2.26 bits per heavy atom. The molecular formula is C12H16N2O4S. The van der Waals surface area contributed by atoms with Crippen LogP contribution in [0.2, 0.25) is 0 Å². The zero-order chi connectivity index (χ0) is 13.7. The van der Waals surface area contributed by atoms with Crippen LogP contribution >= 0.6 is 11.8 Å². The highest BCUT2D eigenvalue weighted by Crippen LogP contribution is 2.42. The number of nitrogens with two attached hydrogens (primary N) is 1. The maximum absolute atomic E-state index is 11.8. The number of fused-ring (bicyclic) bond motifs is 1. The van der Waals surface area contributed by atoms with Crippen molar-refractivity contribution in [2.45, 2.75) is 43.4 Å². The van der Waals surface area contributed by atoms with Crippen molar-refractivity contribution < 1.29 is 19.4 Å². The number of amides is 1. The summed E-state index contributed by atoms with van der Waals surface area (Å²) in [6, 6.07) is -0.579. The molecule has 0 spiro atoms. The monoisotopic (exact) mass is 284 g/mol. The van der Waals surface area contributed by atoms with Crippen LogP contribution in [0.25, 0.3) is 0 Å². The van der Waals surface area contributed by atoms with Gasteiger partial charge in [0.1, 0.15) is 17.1 Å². The van der Waals surface area contributed by atoms with Gasteiger partial charge in [-0.2, -0.15) is 0 Å². The molecule has 0 aromatic carbocycles. The van der Waals surface area contributed by atoms with Crippen LogP contribution in [0.5, 0.6) is 0 Å². The highest BCUT2D eigenvalue weighted by Gasteiger charge is 2.52. The van der Waals surface area contributed by atoms with Crippen LogP contribution in [0.15, 0.2) is 11.3 Å². The van der Waals surface area contributed by atoms with Crippen LogP contribution in [-0.2, 0) is 14.3 Å². The highest BCUT2D eigenvalue weighted by molar-refractivity contribution is 8.00. The first kappa shape index (κ1) is 13.0. The summed E-state index contributed by atoms with van der Waals surface area (Å²) in [6.45, 7) is 1.98. The first-order valence-corrected chi connectivity index (χ1v) is 7.37. The molecule has 2 saturated heterocycles. The smallest absolute Gasteiger partial charge is 0.352 e. The molecule has 3 rings (SSSR count). The lowest BCUT2D eigenvalue weighted by molar-refractivity contribution is -0.148. The van der Waals surface area contributed by atoms with Crippen molar-refractivity contribution in [1.29, 1.82) is 0 Å². The summed E-state index contributed by atoms with van der Waals surface area (Å²) in [6.07, 6.45) is 1.69. The van der Waals surface area contributed by atoms with E-state index in [2.05, 4.69) is 0 Å². The number of carbonyl (C=O) groups is 2. The van der Waals surface area contributed by atoms with Gasteiger partial charge in [-0.1, -0.05) is 0 Å². The van der Waals surface area contributed by atoms with Gasteiger partial charge in [-0.3, -0.25) is 9.69 Å². The molecule has 0 bridgehead atoms. The van der Waals surface area contributed by atoms with Gasteiger partial charge in [0.05, 0.1) is 12.2 Å². The fourth-order valence-electron chi connectivity index (χ4n) is 2.85. The van der Waals surface area contributed by atoms with Crippen molar-refractivity contribution in [3.63, 3.8) is 0 Å². The Morgan fingerprint density at radius 3 is 2.84 bits per heavy atom. The minimum absolute atomic E-state index is 0.0922. The largest absolute Gasteiger partial charge is 0.477 e. The molecule has 0 radical (unpaired) electrons. The first-order chi connectivity index (χ1) is 9.00. The molecule has 6 nitrogen and oxygen atoms in total. The third-order valence-electron chi connectivity index (χ3n) is 3.86. The zero-order valence-electron chi connectivity index (χ0n) is 10.5. The van der Waals surface area contributed by atoms with E-state index in [1.54, 1.807) is 0 Å². The molecule has 19 heavy (non-hydrogen) atoms. The molecule has 4 atom stereocenters. The highest BCUT2D eigenvalue weighted by atomic mass is 32.2. The molecule has 7 heteroatoms. The summed E-state index contributed by atoms with van der Waals surface area (Å²) in [5, 5.41) is 9.17. The molecule has 3 N–H and O–H groups in total. The lowest BCUT2D eigenvalue weighted by atomic mass is 10.00. The number of carbonyl (C=O) groups excluding carboxylic acids is 1. The van der Waals surface area contributed by atoms with Crippen molar-refractivity contribution in [2.75, 3.05) is 5.75 Å². The second-order valence-electron chi connectivity index (χ2n) is 5.13. The second-order valence-corrected chi connectivity index (χ2v) is 6.23. The number of hydrogen-bond donors (Lipinski definition) is 2. The molecule has 0 unspecified atom stereocenters. The summed E-state index contributed by atoms with van der Waals surface area (Å²) in [5.41, 5.74) is 6.51. The van der Waals surface area contributed by atoms with Crippen molar-refractivity contribution >= 4 is 23.6 Å². The fraction of sp³-hybridized carbons (Fsp3) is 0.667. The molecule has 2 fully saturated rings. The molecule has 3 heterocycles. The van der Waals surface area contributed by atoms with E-state index in [4.69, 9.17) is 10.5 Å². The Hall–Kier alpha value is -1.05. The number of ether oxygens (including phenoxy) is 1. The van der Waals surface area contributed by atoms with Gasteiger partial charge >= 0.3 is 5.97 Å². The maximum Gasteiger partial charge on any atom is 0.352 e. The van der Waals surface area contributed by atoms with E-state index in [0.29, 0.717) is 5.75 Å². The van der Waals surface area contributed by atoms with Crippen molar-refractivity contribution in [3.05, 3.63) is 11.3 Å². The second kappa shape index (κ2) is 4.50. The third-order valence-corrected chi connectivity index (χ3v) is 5.19. The van der Waals surface area contributed by atoms with E-state index in [0.717, 1.165) is 18.4 Å². The number of thioether (sulfide) groups is 1. The molecule has 0 aromatic rings. The summed E-state index contributed by atoms with van der Waals surface area (Å²) in [4.78, 5) is 24.6. The Balaban J connectivity index is 1.95. The van der Waals surface area contributed by atoms with Crippen molar-refractivity contribution in [3.8, 4) is 0 Å². The van der Waals surface area contributed by atoms with E-state index >= 15 is 0 Å². The number of aliphatic carboxylic acids is 1. The molecule has 0 saturated carbocycles. The quantitative estimate of drug-likeness (QED) is 0.700. The van der Waals surface area contributed by atoms with Crippen LogP contribution in [0.1, 0.15) is 19.8 Å². The lowest BCUT2D eigenvalue weighted by Crippen LogP contribution is -2.68. The van der Waals surface area contributed by atoms with Crippen molar-refractivity contribution in [1.82, 2.24) is 4.90 Å². The molecule has 3 aliphatic heterocycles. The molecule has 3 aliphatic rings. The van der Waals surface area contributed by atoms with E-state index in [-0.39, 0.29) is 29.2 Å². The van der Waals surface area contributed by atoms with Gasteiger partial charge in [0.15, 0.2) is 0 Å². The fourth-order valence-corrected chi connectivity index (χ4v) is 4.20. The number of carboxylic acids is 1. The number of hydrogen-bond acceptors (Lipinski definition) is 5.